The van der Waals surface area contributed by atoms with Gasteiger partial charge in [-0.05, 0) is 36.2 Å². The van der Waals surface area contributed by atoms with Gasteiger partial charge in [-0.3, -0.25) is 9.59 Å². The van der Waals surface area contributed by atoms with E-state index in [9.17, 15) is 9.59 Å². The smallest absolute Gasteiger partial charge is 0.258 e. The van der Waals surface area contributed by atoms with Crippen LogP contribution in [-0.2, 0) is 17.8 Å². The zero-order valence-electron chi connectivity index (χ0n) is 16.6. The lowest BCUT2D eigenvalue weighted by Gasteiger charge is -2.23. The lowest BCUT2D eigenvalue weighted by molar-refractivity contribution is -0.118. The molecule has 0 radical (unpaired) electrons. The monoisotopic (exact) mass is 397 g/mol. The summed E-state index contributed by atoms with van der Waals surface area (Å²) in [4.78, 5) is 34.4. The van der Waals surface area contributed by atoms with Gasteiger partial charge in [-0.2, -0.15) is 0 Å². The Morgan fingerprint density at radius 3 is 2.30 bits per heavy atom. The molecule has 1 aromatic heterocycles. The van der Waals surface area contributed by atoms with Gasteiger partial charge in [0.15, 0.2) is 0 Å². The van der Waals surface area contributed by atoms with Crippen LogP contribution in [0, 0.1) is 0 Å². The van der Waals surface area contributed by atoms with E-state index in [1.54, 1.807) is 6.07 Å². The van der Waals surface area contributed by atoms with E-state index in [0.29, 0.717) is 42.5 Å². The molecule has 150 valence electrons. The first-order chi connectivity index (χ1) is 14.7. The van der Waals surface area contributed by atoms with Crippen molar-refractivity contribution in [3.8, 4) is 0 Å². The second-order valence-corrected chi connectivity index (χ2v) is 7.18. The summed E-state index contributed by atoms with van der Waals surface area (Å²) in [5.74, 6) is 0.661. The lowest BCUT2D eigenvalue weighted by atomic mass is 10.1. The highest BCUT2D eigenvalue weighted by Crippen LogP contribution is 2.19. The molecule has 4 aromatic rings. The first-order valence-electron chi connectivity index (χ1n) is 10.1. The highest BCUT2D eigenvalue weighted by Gasteiger charge is 2.16. The third kappa shape index (κ3) is 4.63. The number of anilines is 1. The highest BCUT2D eigenvalue weighted by atomic mass is 16.2. The van der Waals surface area contributed by atoms with Crippen molar-refractivity contribution in [3.63, 3.8) is 0 Å². The second kappa shape index (κ2) is 9.18. The van der Waals surface area contributed by atoms with Crippen molar-refractivity contribution in [1.29, 1.82) is 0 Å². The Labute approximate surface area is 175 Å². The maximum absolute atomic E-state index is 13.1. The number of carbonyl (C=O) groups excluding carboxylic acids is 1. The van der Waals surface area contributed by atoms with Crippen molar-refractivity contribution in [2.24, 2.45) is 0 Å². The Morgan fingerprint density at radius 1 is 0.867 bits per heavy atom. The Hall–Kier alpha value is -3.73. The molecular formula is C25H23N3O2. The van der Waals surface area contributed by atoms with E-state index in [2.05, 4.69) is 9.97 Å². The number of fused-ring (bicyclic) bond motifs is 1. The molecule has 1 N–H and O–H groups in total. The summed E-state index contributed by atoms with van der Waals surface area (Å²) < 4.78 is 0. The SMILES string of the molecule is O=C(CCCc1nc2ccccc2c(=O)[nH]1)N(Cc1ccccc1)c1ccccc1. The second-order valence-electron chi connectivity index (χ2n) is 7.18. The zero-order valence-corrected chi connectivity index (χ0v) is 16.6. The van der Waals surface area contributed by atoms with Crippen LogP contribution < -0.4 is 10.5 Å². The molecule has 4 rings (SSSR count). The maximum Gasteiger partial charge on any atom is 0.258 e. The molecule has 0 aliphatic rings. The number of aryl methyl sites for hydroxylation is 1. The number of nitrogens with zero attached hydrogens (tertiary/aromatic N) is 2. The predicted molar refractivity (Wildman–Crippen MR) is 119 cm³/mol. The predicted octanol–water partition coefficient (Wildman–Crippen LogP) is 4.48. The number of aromatic nitrogens is 2. The first-order valence-corrected chi connectivity index (χ1v) is 10.1. The summed E-state index contributed by atoms with van der Waals surface area (Å²) >= 11 is 0. The summed E-state index contributed by atoms with van der Waals surface area (Å²) in [7, 11) is 0. The molecule has 0 spiro atoms. The minimum Gasteiger partial charge on any atom is -0.310 e. The van der Waals surface area contributed by atoms with Crippen LogP contribution >= 0.6 is 0 Å². The van der Waals surface area contributed by atoms with Gasteiger partial charge in [0, 0.05) is 18.5 Å². The number of nitrogens with one attached hydrogen (secondary N) is 1. The van der Waals surface area contributed by atoms with Crippen molar-refractivity contribution in [2.45, 2.75) is 25.8 Å². The van der Waals surface area contributed by atoms with Gasteiger partial charge >= 0.3 is 0 Å². The van der Waals surface area contributed by atoms with Crippen molar-refractivity contribution >= 4 is 22.5 Å². The molecule has 5 nitrogen and oxygen atoms in total. The number of aromatic amines is 1. The molecule has 5 heteroatoms. The van der Waals surface area contributed by atoms with Gasteiger partial charge in [0.2, 0.25) is 5.91 Å². The minimum absolute atomic E-state index is 0.0492. The largest absolute Gasteiger partial charge is 0.310 e. The lowest BCUT2D eigenvalue weighted by Crippen LogP contribution is -2.30. The normalized spacial score (nSPS) is 10.8. The van der Waals surface area contributed by atoms with Gasteiger partial charge < -0.3 is 9.88 Å². The van der Waals surface area contributed by atoms with Crippen LogP contribution in [0.1, 0.15) is 24.2 Å². The van der Waals surface area contributed by atoms with Gasteiger partial charge in [-0.25, -0.2) is 4.98 Å². The van der Waals surface area contributed by atoms with Gasteiger partial charge in [0.1, 0.15) is 5.82 Å². The average Bonchev–Trinajstić information content (AvgIpc) is 2.79. The topological polar surface area (TPSA) is 66.1 Å². The third-order valence-electron chi connectivity index (χ3n) is 5.02. The van der Waals surface area contributed by atoms with Crippen LogP contribution in [0.5, 0.6) is 0 Å². The fraction of sp³-hybridized carbons (Fsp3) is 0.160. The molecule has 0 saturated carbocycles. The van der Waals surface area contributed by atoms with Crippen molar-refractivity contribution < 1.29 is 4.79 Å². The minimum atomic E-state index is -0.142. The summed E-state index contributed by atoms with van der Waals surface area (Å²) in [5, 5.41) is 0.579. The van der Waals surface area contributed by atoms with Gasteiger partial charge in [-0.15, -0.1) is 0 Å². The zero-order chi connectivity index (χ0) is 20.8. The molecule has 0 aliphatic heterocycles. The standard InChI is InChI=1S/C25H23N3O2/c29-24(17-9-16-23-26-22-15-8-7-14-21(22)25(30)27-23)28(20-12-5-2-6-13-20)18-19-10-3-1-4-11-19/h1-8,10-15H,9,16-18H2,(H,26,27,30). The fourth-order valence-corrected chi connectivity index (χ4v) is 3.49. The van der Waals surface area contributed by atoms with E-state index >= 15 is 0 Å². The van der Waals surface area contributed by atoms with E-state index in [-0.39, 0.29) is 11.5 Å². The average molecular weight is 397 g/mol. The Morgan fingerprint density at radius 2 is 1.53 bits per heavy atom. The number of carbonyl (C=O) groups is 1. The van der Waals surface area contributed by atoms with E-state index in [1.807, 2.05) is 83.8 Å². The number of amides is 1. The Bertz CT molecular complexity index is 1190. The Balaban J connectivity index is 1.46. The van der Waals surface area contributed by atoms with Crippen LogP contribution in [0.4, 0.5) is 5.69 Å². The molecule has 0 saturated heterocycles. The Kier molecular flexibility index (Phi) is 5.99. The number of benzene rings is 3. The number of hydrogen-bond acceptors (Lipinski definition) is 3. The number of H-pyrrole nitrogens is 1. The number of rotatable bonds is 7. The molecule has 3 aromatic carbocycles. The summed E-state index contributed by atoms with van der Waals surface area (Å²) in [6.45, 7) is 0.523. The maximum atomic E-state index is 13.1. The summed E-state index contributed by atoms with van der Waals surface area (Å²) in [6, 6.07) is 26.9. The highest BCUT2D eigenvalue weighted by molar-refractivity contribution is 5.93. The molecule has 1 amide bonds. The van der Waals surface area contributed by atoms with Crippen LogP contribution in [-0.4, -0.2) is 15.9 Å². The number of hydrogen-bond donors (Lipinski definition) is 1. The van der Waals surface area contributed by atoms with Crippen LogP contribution in [0.15, 0.2) is 89.7 Å². The molecule has 0 atom stereocenters. The molecule has 0 aliphatic carbocycles. The molecular weight excluding hydrogens is 374 g/mol. The van der Waals surface area contributed by atoms with Crippen molar-refractivity contribution in [3.05, 3.63) is 107 Å². The van der Waals surface area contributed by atoms with E-state index in [0.717, 1.165) is 11.3 Å². The van der Waals surface area contributed by atoms with Crippen LogP contribution in [0.25, 0.3) is 10.9 Å². The quantitative estimate of drug-likeness (QED) is 0.500. The van der Waals surface area contributed by atoms with E-state index in [1.165, 1.54) is 0 Å². The molecule has 0 fully saturated rings. The molecule has 30 heavy (non-hydrogen) atoms. The van der Waals surface area contributed by atoms with E-state index < -0.39 is 0 Å². The van der Waals surface area contributed by atoms with Crippen LogP contribution in [0.2, 0.25) is 0 Å². The fourth-order valence-electron chi connectivity index (χ4n) is 3.49. The first kappa shape index (κ1) is 19.6. The van der Waals surface area contributed by atoms with Crippen molar-refractivity contribution in [1.82, 2.24) is 9.97 Å². The molecule has 1 heterocycles. The third-order valence-corrected chi connectivity index (χ3v) is 5.02. The van der Waals surface area contributed by atoms with Crippen LogP contribution in [0.3, 0.4) is 0 Å². The van der Waals surface area contributed by atoms with Gasteiger partial charge in [0.25, 0.3) is 5.56 Å². The van der Waals surface area contributed by atoms with Gasteiger partial charge in [-0.1, -0.05) is 60.7 Å². The number of para-hydroxylation sites is 2. The van der Waals surface area contributed by atoms with Gasteiger partial charge in [0.05, 0.1) is 17.4 Å². The summed E-state index contributed by atoms with van der Waals surface area (Å²) in [6.07, 6.45) is 1.52. The summed E-state index contributed by atoms with van der Waals surface area (Å²) in [5.41, 5.74) is 2.49. The van der Waals surface area contributed by atoms with E-state index in [4.69, 9.17) is 0 Å². The van der Waals surface area contributed by atoms with Crippen molar-refractivity contribution in [2.75, 3.05) is 4.90 Å². The molecule has 0 unspecified atom stereocenters. The molecule has 0 bridgehead atoms.